The second-order valence-electron chi connectivity index (χ2n) is 8.67. The van der Waals surface area contributed by atoms with Crippen LogP contribution in [-0.2, 0) is 9.59 Å². The molecule has 1 saturated heterocycles. The summed E-state index contributed by atoms with van der Waals surface area (Å²) < 4.78 is 0. The summed E-state index contributed by atoms with van der Waals surface area (Å²) in [6.07, 6.45) is 13.2. The fourth-order valence-corrected chi connectivity index (χ4v) is 6.54. The van der Waals surface area contributed by atoms with Crippen molar-refractivity contribution in [2.24, 2.45) is 17.8 Å². The summed E-state index contributed by atoms with van der Waals surface area (Å²) in [5.74, 6) is 0.731. The van der Waals surface area contributed by atoms with Gasteiger partial charge in [0.2, 0.25) is 0 Å². The monoisotopic (exact) mass is 328 g/mol. The Morgan fingerprint density at radius 1 is 0.917 bits per heavy atom. The van der Waals surface area contributed by atoms with Crippen LogP contribution in [0, 0.1) is 17.8 Å². The number of carbonyl (C=O) groups excluding carboxylic acids is 3. The third-order valence-corrected chi connectivity index (χ3v) is 7.04. The molecular weight excluding hydrogens is 304 g/mol. The number of imide groups is 2. The number of hydrogen-bond donors (Lipinski definition) is 0. The number of carbonyl (C=O) groups is 3. The molecule has 0 aromatic heterocycles. The van der Waals surface area contributed by atoms with E-state index in [-0.39, 0.29) is 17.6 Å². The molecule has 128 valence electrons. The Labute approximate surface area is 142 Å². The van der Waals surface area contributed by atoms with Crippen molar-refractivity contribution < 1.29 is 14.4 Å². The molecular formula is C19H24N2O3. The molecule has 1 aliphatic heterocycles. The lowest BCUT2D eigenvalue weighted by Crippen LogP contribution is -2.62. The minimum Gasteiger partial charge on any atom is -0.263 e. The lowest BCUT2D eigenvalue weighted by atomic mass is 9.52. The Morgan fingerprint density at radius 3 is 2.08 bits per heavy atom. The average Bonchev–Trinajstić information content (AvgIpc) is 2.77. The second-order valence-corrected chi connectivity index (χ2v) is 8.67. The van der Waals surface area contributed by atoms with Gasteiger partial charge in [-0.05, 0) is 75.5 Å². The Kier molecular flexibility index (Phi) is 3.01. The minimum absolute atomic E-state index is 0.235. The van der Waals surface area contributed by atoms with E-state index < -0.39 is 11.8 Å². The number of allylic oxidation sites excluding steroid dienone is 1. The normalized spacial score (nSPS) is 44.1. The molecule has 0 spiro atoms. The highest BCUT2D eigenvalue weighted by Gasteiger charge is 2.61. The van der Waals surface area contributed by atoms with Crippen molar-refractivity contribution in [3.63, 3.8) is 0 Å². The van der Waals surface area contributed by atoms with Crippen molar-refractivity contribution in [1.82, 2.24) is 9.80 Å². The van der Waals surface area contributed by atoms with Crippen LogP contribution in [0.3, 0.4) is 0 Å². The van der Waals surface area contributed by atoms with Gasteiger partial charge in [0.15, 0.2) is 0 Å². The van der Waals surface area contributed by atoms with E-state index >= 15 is 0 Å². The van der Waals surface area contributed by atoms with Crippen LogP contribution in [0.5, 0.6) is 0 Å². The van der Waals surface area contributed by atoms with E-state index in [4.69, 9.17) is 0 Å². The zero-order valence-electron chi connectivity index (χ0n) is 13.9. The van der Waals surface area contributed by atoms with Crippen molar-refractivity contribution in [2.75, 3.05) is 0 Å². The summed E-state index contributed by atoms with van der Waals surface area (Å²) in [6, 6.07) is -0.579. The number of hydrogen-bond acceptors (Lipinski definition) is 3. The number of amides is 4. The smallest absolute Gasteiger partial charge is 0.263 e. The van der Waals surface area contributed by atoms with E-state index in [1.165, 1.54) is 29.1 Å². The standard InChI is InChI=1S/C19H24N2O3/c22-16-17(23)21(18(24)20(16)15-4-2-1-3-5-15)19-9-12-6-13(10-19)8-14(7-12)11-19/h2,4,12-15H,1,3,5-11H2/t12?,13?,14?,15-,19?/m0/s1. The zero-order valence-corrected chi connectivity index (χ0v) is 13.9. The predicted molar refractivity (Wildman–Crippen MR) is 86.8 cm³/mol. The molecule has 5 heteroatoms. The molecule has 0 aromatic rings. The first-order chi connectivity index (χ1) is 11.6. The molecule has 0 unspecified atom stereocenters. The highest BCUT2D eigenvalue weighted by atomic mass is 16.2. The summed E-state index contributed by atoms with van der Waals surface area (Å²) in [5, 5.41) is 0. The highest BCUT2D eigenvalue weighted by Crippen LogP contribution is 2.58. The fraction of sp³-hybridized carbons (Fsp3) is 0.737. The zero-order chi connectivity index (χ0) is 16.5. The summed E-state index contributed by atoms with van der Waals surface area (Å²) in [7, 11) is 0. The van der Waals surface area contributed by atoms with Crippen molar-refractivity contribution in [3.8, 4) is 0 Å². The molecule has 5 fully saturated rings. The van der Waals surface area contributed by atoms with Gasteiger partial charge in [0.25, 0.3) is 0 Å². The van der Waals surface area contributed by atoms with Gasteiger partial charge >= 0.3 is 17.8 Å². The summed E-state index contributed by atoms with van der Waals surface area (Å²) in [4.78, 5) is 41.1. The average molecular weight is 328 g/mol. The van der Waals surface area contributed by atoms with Crippen molar-refractivity contribution >= 4 is 17.8 Å². The van der Waals surface area contributed by atoms with E-state index in [2.05, 4.69) is 0 Å². The van der Waals surface area contributed by atoms with E-state index in [9.17, 15) is 14.4 Å². The van der Waals surface area contributed by atoms with Crippen LogP contribution in [-0.4, -0.2) is 39.2 Å². The maximum absolute atomic E-state index is 13.1. The molecule has 5 nitrogen and oxygen atoms in total. The van der Waals surface area contributed by atoms with Crippen molar-refractivity contribution in [2.45, 2.75) is 69.4 Å². The maximum atomic E-state index is 13.1. The molecule has 24 heavy (non-hydrogen) atoms. The third-order valence-electron chi connectivity index (χ3n) is 7.04. The highest BCUT2D eigenvalue weighted by molar-refractivity contribution is 6.45. The Balaban J connectivity index is 1.49. The second kappa shape index (κ2) is 4.93. The largest absolute Gasteiger partial charge is 0.335 e. The quantitative estimate of drug-likeness (QED) is 0.445. The van der Waals surface area contributed by atoms with Gasteiger partial charge in [-0.25, -0.2) is 14.6 Å². The maximum Gasteiger partial charge on any atom is 0.335 e. The van der Waals surface area contributed by atoms with Gasteiger partial charge in [-0.15, -0.1) is 0 Å². The van der Waals surface area contributed by atoms with Crippen LogP contribution in [0.2, 0.25) is 0 Å². The molecule has 1 heterocycles. The van der Waals surface area contributed by atoms with Crippen LogP contribution in [0.4, 0.5) is 4.79 Å². The van der Waals surface area contributed by atoms with Gasteiger partial charge in [-0.2, -0.15) is 0 Å². The van der Waals surface area contributed by atoms with Crippen molar-refractivity contribution in [1.29, 1.82) is 0 Å². The molecule has 0 N–H and O–H groups in total. The van der Waals surface area contributed by atoms with Crippen LogP contribution in [0.15, 0.2) is 12.2 Å². The molecule has 1 atom stereocenters. The van der Waals surface area contributed by atoms with Gasteiger partial charge in [-0.3, -0.25) is 9.59 Å². The predicted octanol–water partition coefficient (Wildman–Crippen LogP) is 2.85. The van der Waals surface area contributed by atoms with E-state index in [1.807, 2.05) is 12.2 Å². The van der Waals surface area contributed by atoms with Crippen molar-refractivity contribution in [3.05, 3.63) is 12.2 Å². The van der Waals surface area contributed by atoms with Crippen LogP contribution in [0.25, 0.3) is 0 Å². The first-order valence-electron chi connectivity index (χ1n) is 9.46. The Hall–Kier alpha value is -1.65. The summed E-state index contributed by atoms with van der Waals surface area (Å²) >= 11 is 0. The lowest BCUT2D eigenvalue weighted by molar-refractivity contribution is -0.150. The SMILES string of the molecule is O=C1C(=O)N(C23CC4CC(CC(C4)C2)C3)C(=O)N1[C@H]1C=CCCC1. The van der Waals surface area contributed by atoms with Gasteiger partial charge in [0.1, 0.15) is 0 Å². The summed E-state index contributed by atoms with van der Waals surface area (Å²) in [6.45, 7) is 0. The van der Waals surface area contributed by atoms with Crippen LogP contribution < -0.4 is 0 Å². The Bertz CT molecular complexity index is 618. The molecule has 6 aliphatic rings. The van der Waals surface area contributed by atoms with Gasteiger partial charge in [0, 0.05) is 0 Å². The minimum atomic E-state index is -0.604. The van der Waals surface area contributed by atoms with Gasteiger partial charge in [-0.1, -0.05) is 12.2 Å². The number of nitrogens with zero attached hydrogens (tertiary/aromatic N) is 2. The molecule has 0 radical (unpaired) electrons. The molecule has 4 bridgehead atoms. The van der Waals surface area contributed by atoms with E-state index in [0.717, 1.165) is 38.5 Å². The topological polar surface area (TPSA) is 57.7 Å². The number of urea groups is 1. The molecule has 5 aliphatic carbocycles. The fourth-order valence-electron chi connectivity index (χ4n) is 6.54. The van der Waals surface area contributed by atoms with Gasteiger partial charge in [0.05, 0.1) is 11.6 Å². The molecule has 4 amide bonds. The Morgan fingerprint density at radius 2 is 1.54 bits per heavy atom. The molecule has 0 aromatic carbocycles. The first kappa shape index (κ1) is 14.7. The summed E-state index contributed by atoms with van der Waals surface area (Å²) in [5.41, 5.74) is -0.369. The van der Waals surface area contributed by atoms with E-state index in [1.54, 1.807) is 0 Å². The first-order valence-corrected chi connectivity index (χ1v) is 9.46. The van der Waals surface area contributed by atoms with E-state index in [0.29, 0.717) is 17.8 Å². The van der Waals surface area contributed by atoms with Crippen LogP contribution >= 0.6 is 0 Å². The van der Waals surface area contributed by atoms with Gasteiger partial charge < -0.3 is 0 Å². The number of rotatable bonds is 2. The molecule has 6 rings (SSSR count). The third kappa shape index (κ3) is 1.90. The molecule has 4 saturated carbocycles. The van der Waals surface area contributed by atoms with Crippen LogP contribution in [0.1, 0.15) is 57.8 Å². The lowest BCUT2D eigenvalue weighted by Gasteiger charge is -2.58.